The average Bonchev–Trinajstić information content (AvgIpc) is 3.01. The molecule has 0 N–H and O–H groups in total. The van der Waals surface area contributed by atoms with Crippen LogP contribution in [-0.4, -0.2) is 160 Å². The zero-order chi connectivity index (χ0) is 32.8. The lowest BCUT2D eigenvalue weighted by Gasteiger charge is -2.16. The standard InChI is InChI=1S/C32H68O12Si/c1-5-6-7-8-9-10-33-11-12-34-13-14-35-15-16-36-17-18-37-19-20-38-21-22-39-23-24-40-25-26-41-27-28-42-29-30-43-31-32-44-45(2,3)4/h5-32H2,1-4H3. The molecule has 45 heavy (non-hydrogen) atoms. The lowest BCUT2D eigenvalue weighted by Crippen LogP contribution is -2.27. The predicted octanol–water partition coefficient (Wildman–Crippen LogP) is 3.99. The number of rotatable bonds is 40. The fraction of sp³-hybridized carbons (Fsp3) is 1.00. The maximum Gasteiger partial charge on any atom is 0.183 e. The van der Waals surface area contributed by atoms with Crippen molar-refractivity contribution in [1.29, 1.82) is 0 Å². The third-order valence-corrected chi connectivity index (χ3v) is 6.95. The summed E-state index contributed by atoms with van der Waals surface area (Å²) in [6.07, 6.45) is 6.29. The summed E-state index contributed by atoms with van der Waals surface area (Å²) in [5, 5.41) is 0. The van der Waals surface area contributed by atoms with Crippen molar-refractivity contribution in [3.05, 3.63) is 0 Å². The lowest BCUT2D eigenvalue weighted by molar-refractivity contribution is -0.0277. The lowest BCUT2D eigenvalue weighted by atomic mass is 10.2. The third-order valence-electron chi connectivity index (χ3n) is 5.88. The quantitative estimate of drug-likeness (QED) is 0.0694. The Labute approximate surface area is 275 Å². The Hall–Kier alpha value is -0.263. The molecule has 0 aromatic carbocycles. The zero-order valence-electron chi connectivity index (χ0n) is 29.2. The molecule has 0 bridgehead atoms. The minimum absolute atomic E-state index is 0.521. The van der Waals surface area contributed by atoms with E-state index in [0.717, 1.165) is 13.0 Å². The molecule has 0 spiro atoms. The van der Waals surface area contributed by atoms with Gasteiger partial charge in [-0.25, -0.2) is 0 Å². The highest BCUT2D eigenvalue weighted by atomic mass is 28.4. The van der Waals surface area contributed by atoms with Crippen LogP contribution in [0.1, 0.15) is 39.0 Å². The highest BCUT2D eigenvalue weighted by Gasteiger charge is 2.13. The molecule has 0 saturated carbocycles. The van der Waals surface area contributed by atoms with Crippen molar-refractivity contribution in [2.75, 3.05) is 152 Å². The van der Waals surface area contributed by atoms with E-state index in [0.29, 0.717) is 145 Å². The second-order valence-corrected chi connectivity index (χ2v) is 15.6. The van der Waals surface area contributed by atoms with Crippen LogP contribution >= 0.6 is 0 Å². The Kier molecular flexibility index (Phi) is 38.0. The molecule has 0 aliphatic heterocycles. The maximum atomic E-state index is 5.72. The first kappa shape index (κ1) is 44.7. The second kappa shape index (κ2) is 38.2. The van der Waals surface area contributed by atoms with Gasteiger partial charge in [0.05, 0.1) is 145 Å². The van der Waals surface area contributed by atoms with Gasteiger partial charge in [0.2, 0.25) is 0 Å². The number of hydrogen-bond acceptors (Lipinski definition) is 12. The van der Waals surface area contributed by atoms with Gasteiger partial charge in [-0.05, 0) is 26.1 Å². The van der Waals surface area contributed by atoms with Crippen LogP contribution in [0, 0.1) is 0 Å². The summed E-state index contributed by atoms with van der Waals surface area (Å²) in [5.74, 6) is 0. The summed E-state index contributed by atoms with van der Waals surface area (Å²) in [6, 6.07) is 0. The van der Waals surface area contributed by atoms with Crippen LogP contribution in [0.15, 0.2) is 0 Å². The van der Waals surface area contributed by atoms with Gasteiger partial charge in [-0.1, -0.05) is 32.6 Å². The van der Waals surface area contributed by atoms with Crippen molar-refractivity contribution in [2.24, 2.45) is 0 Å². The molecule has 13 heteroatoms. The van der Waals surface area contributed by atoms with E-state index >= 15 is 0 Å². The van der Waals surface area contributed by atoms with Crippen LogP contribution in [-0.2, 0) is 56.5 Å². The fourth-order valence-electron chi connectivity index (χ4n) is 3.52. The van der Waals surface area contributed by atoms with Gasteiger partial charge in [-0.3, -0.25) is 0 Å². The van der Waals surface area contributed by atoms with Crippen molar-refractivity contribution in [3.8, 4) is 0 Å². The molecule has 0 aliphatic rings. The molecule has 0 amide bonds. The molecule has 0 unspecified atom stereocenters. The molecular weight excluding hydrogens is 604 g/mol. The van der Waals surface area contributed by atoms with E-state index in [2.05, 4.69) is 26.6 Å². The molecule has 0 fully saturated rings. The normalized spacial score (nSPS) is 12.0. The number of ether oxygens (including phenoxy) is 11. The molecule has 0 rings (SSSR count). The predicted molar refractivity (Wildman–Crippen MR) is 177 cm³/mol. The Bertz CT molecular complexity index is 543. The Morgan fingerprint density at radius 1 is 0.267 bits per heavy atom. The van der Waals surface area contributed by atoms with Gasteiger partial charge in [0.15, 0.2) is 8.32 Å². The minimum atomic E-state index is -1.45. The molecule has 272 valence electrons. The Morgan fingerprint density at radius 3 is 0.733 bits per heavy atom. The summed E-state index contributed by atoms with van der Waals surface area (Å²) < 4.78 is 66.1. The summed E-state index contributed by atoms with van der Waals surface area (Å²) >= 11 is 0. The summed E-state index contributed by atoms with van der Waals surface area (Å²) in [7, 11) is -1.45. The fourth-order valence-corrected chi connectivity index (χ4v) is 4.21. The van der Waals surface area contributed by atoms with E-state index in [-0.39, 0.29) is 0 Å². The average molecular weight is 673 g/mol. The number of unbranched alkanes of at least 4 members (excludes halogenated alkanes) is 4. The van der Waals surface area contributed by atoms with Crippen molar-refractivity contribution < 1.29 is 56.5 Å². The van der Waals surface area contributed by atoms with Crippen LogP contribution in [0.5, 0.6) is 0 Å². The summed E-state index contributed by atoms with van der Waals surface area (Å²) in [6.45, 7) is 21.7. The van der Waals surface area contributed by atoms with Gasteiger partial charge in [0, 0.05) is 6.61 Å². The monoisotopic (exact) mass is 672 g/mol. The highest BCUT2D eigenvalue weighted by Crippen LogP contribution is 2.02. The smallest absolute Gasteiger partial charge is 0.183 e. The Morgan fingerprint density at radius 2 is 0.489 bits per heavy atom. The van der Waals surface area contributed by atoms with Gasteiger partial charge in [-0.15, -0.1) is 0 Å². The van der Waals surface area contributed by atoms with Gasteiger partial charge in [0.25, 0.3) is 0 Å². The van der Waals surface area contributed by atoms with E-state index < -0.39 is 8.32 Å². The van der Waals surface area contributed by atoms with Crippen LogP contribution in [0.25, 0.3) is 0 Å². The van der Waals surface area contributed by atoms with Gasteiger partial charge in [-0.2, -0.15) is 0 Å². The maximum absolute atomic E-state index is 5.72. The summed E-state index contributed by atoms with van der Waals surface area (Å²) in [4.78, 5) is 0. The first-order valence-corrected chi connectivity index (χ1v) is 20.5. The number of hydrogen-bond donors (Lipinski definition) is 0. The molecule has 12 nitrogen and oxygen atoms in total. The van der Waals surface area contributed by atoms with Crippen LogP contribution in [0.4, 0.5) is 0 Å². The van der Waals surface area contributed by atoms with Gasteiger partial charge in [0.1, 0.15) is 0 Å². The van der Waals surface area contributed by atoms with Gasteiger partial charge >= 0.3 is 0 Å². The molecule has 0 aromatic heterocycles. The van der Waals surface area contributed by atoms with Crippen LogP contribution in [0.3, 0.4) is 0 Å². The first-order chi connectivity index (χ1) is 22.1. The Balaban J connectivity index is 3.05. The van der Waals surface area contributed by atoms with Gasteiger partial charge < -0.3 is 56.5 Å². The molecule has 0 heterocycles. The van der Waals surface area contributed by atoms with E-state index in [4.69, 9.17) is 56.5 Å². The molecule has 0 atom stereocenters. The first-order valence-electron chi connectivity index (χ1n) is 17.1. The second-order valence-electron chi connectivity index (χ2n) is 11.1. The summed E-state index contributed by atoms with van der Waals surface area (Å²) in [5.41, 5.74) is 0. The van der Waals surface area contributed by atoms with Crippen LogP contribution in [0.2, 0.25) is 19.6 Å². The third kappa shape index (κ3) is 43.7. The molecule has 0 saturated heterocycles. The van der Waals surface area contributed by atoms with Crippen molar-refractivity contribution >= 4 is 8.32 Å². The van der Waals surface area contributed by atoms with Crippen molar-refractivity contribution in [3.63, 3.8) is 0 Å². The van der Waals surface area contributed by atoms with Crippen molar-refractivity contribution in [1.82, 2.24) is 0 Å². The highest BCUT2D eigenvalue weighted by molar-refractivity contribution is 6.69. The van der Waals surface area contributed by atoms with E-state index in [1.165, 1.54) is 25.7 Å². The molecule has 0 aromatic rings. The zero-order valence-corrected chi connectivity index (χ0v) is 30.2. The molecule has 0 radical (unpaired) electrons. The van der Waals surface area contributed by atoms with Crippen LogP contribution < -0.4 is 0 Å². The minimum Gasteiger partial charge on any atom is -0.415 e. The molecule has 0 aliphatic carbocycles. The SMILES string of the molecule is CCCCCCCOCCOCCOCCOCCOCCOCCOCCOCCOCCOCCOCCO[Si](C)(C)C. The topological polar surface area (TPSA) is 111 Å². The largest absolute Gasteiger partial charge is 0.415 e. The van der Waals surface area contributed by atoms with E-state index in [1.54, 1.807) is 0 Å². The molecular formula is C32H68O12Si. The van der Waals surface area contributed by atoms with Crippen molar-refractivity contribution in [2.45, 2.75) is 58.7 Å². The van der Waals surface area contributed by atoms with E-state index in [9.17, 15) is 0 Å². The van der Waals surface area contributed by atoms with E-state index in [1.807, 2.05) is 0 Å².